The average Bonchev–Trinajstić information content (AvgIpc) is 2.17. The average molecular weight is 209 g/mol. The minimum Gasteiger partial charge on any atom is -0.449 e. The predicted octanol–water partition coefficient (Wildman–Crippen LogP) is 2.26. The first-order valence-electron chi connectivity index (χ1n) is 3.85. The second-order valence-corrected chi connectivity index (χ2v) is 2.60. The Morgan fingerprint density at radius 3 is 2.33 bits per heavy atom. The highest BCUT2D eigenvalue weighted by Gasteiger charge is 2.08. The zero-order valence-corrected chi connectivity index (χ0v) is 7.54. The Labute approximate surface area is 84.6 Å². The SMILES string of the molecule is C=C(OC(=O)O)c1ccc([N+](=O)[O-])cc1. The van der Waals surface area contributed by atoms with E-state index in [1.807, 2.05) is 0 Å². The summed E-state index contributed by atoms with van der Waals surface area (Å²) in [4.78, 5) is 19.9. The van der Waals surface area contributed by atoms with Crippen LogP contribution in [0.5, 0.6) is 0 Å². The summed E-state index contributed by atoms with van der Waals surface area (Å²) in [5.41, 5.74) is 0.296. The number of nitrogens with zero attached hydrogens (tertiary/aromatic N) is 1. The monoisotopic (exact) mass is 209 g/mol. The van der Waals surface area contributed by atoms with E-state index < -0.39 is 11.1 Å². The van der Waals surface area contributed by atoms with Gasteiger partial charge < -0.3 is 9.84 Å². The van der Waals surface area contributed by atoms with Crippen LogP contribution in [0.1, 0.15) is 5.56 Å². The van der Waals surface area contributed by atoms with E-state index in [0.29, 0.717) is 5.56 Å². The number of nitro benzene ring substituents is 1. The summed E-state index contributed by atoms with van der Waals surface area (Å²) in [5.74, 6) is -0.0719. The van der Waals surface area contributed by atoms with Gasteiger partial charge in [0.15, 0.2) is 0 Å². The molecule has 0 aromatic heterocycles. The van der Waals surface area contributed by atoms with Crippen LogP contribution in [0.15, 0.2) is 30.8 Å². The largest absolute Gasteiger partial charge is 0.511 e. The molecule has 0 aliphatic heterocycles. The summed E-state index contributed by atoms with van der Waals surface area (Å²) in [6.07, 6.45) is -1.47. The van der Waals surface area contributed by atoms with Gasteiger partial charge in [0.1, 0.15) is 5.76 Å². The maximum atomic E-state index is 10.3. The summed E-state index contributed by atoms with van der Waals surface area (Å²) < 4.78 is 4.29. The molecule has 15 heavy (non-hydrogen) atoms. The van der Waals surface area contributed by atoms with Crippen molar-refractivity contribution in [2.24, 2.45) is 0 Å². The number of nitro groups is 1. The van der Waals surface area contributed by atoms with Gasteiger partial charge in [-0.1, -0.05) is 6.58 Å². The van der Waals surface area contributed by atoms with Crippen LogP contribution in [0.25, 0.3) is 5.76 Å². The molecule has 0 aliphatic carbocycles. The Balaban J connectivity index is 2.84. The smallest absolute Gasteiger partial charge is 0.449 e. The molecule has 1 N–H and O–H groups in total. The minimum absolute atomic E-state index is 0.0719. The summed E-state index contributed by atoms with van der Waals surface area (Å²) in [5, 5.41) is 18.6. The van der Waals surface area contributed by atoms with Gasteiger partial charge in [-0.2, -0.15) is 0 Å². The second kappa shape index (κ2) is 4.23. The number of benzene rings is 1. The van der Waals surface area contributed by atoms with Gasteiger partial charge in [-0.15, -0.1) is 0 Å². The Bertz CT molecular complexity index is 409. The third-order valence-corrected chi connectivity index (χ3v) is 1.61. The third kappa shape index (κ3) is 2.80. The molecule has 0 unspecified atom stereocenters. The van der Waals surface area contributed by atoms with Crippen molar-refractivity contribution in [2.75, 3.05) is 0 Å². The summed E-state index contributed by atoms with van der Waals surface area (Å²) in [7, 11) is 0. The lowest BCUT2D eigenvalue weighted by Gasteiger charge is -2.02. The van der Waals surface area contributed by atoms with E-state index in [0.717, 1.165) is 0 Å². The van der Waals surface area contributed by atoms with Crippen molar-refractivity contribution >= 4 is 17.6 Å². The number of carbonyl (C=O) groups is 1. The molecule has 0 spiro atoms. The molecule has 0 saturated heterocycles. The minimum atomic E-state index is -1.47. The van der Waals surface area contributed by atoms with E-state index in [4.69, 9.17) is 5.11 Å². The van der Waals surface area contributed by atoms with E-state index in [9.17, 15) is 14.9 Å². The highest BCUT2D eigenvalue weighted by molar-refractivity contribution is 5.70. The van der Waals surface area contributed by atoms with Crippen molar-refractivity contribution in [3.8, 4) is 0 Å². The van der Waals surface area contributed by atoms with Gasteiger partial charge in [-0.05, 0) is 12.1 Å². The topological polar surface area (TPSA) is 89.7 Å². The van der Waals surface area contributed by atoms with Crippen LogP contribution in [-0.2, 0) is 4.74 Å². The van der Waals surface area contributed by atoms with Crippen molar-refractivity contribution in [3.05, 3.63) is 46.5 Å². The molecular weight excluding hydrogens is 202 g/mol. The lowest BCUT2D eigenvalue weighted by molar-refractivity contribution is -0.384. The number of non-ortho nitro benzene ring substituents is 1. The fourth-order valence-electron chi connectivity index (χ4n) is 0.933. The first kappa shape index (κ1) is 10.7. The van der Waals surface area contributed by atoms with E-state index in [1.54, 1.807) is 0 Å². The Hall–Kier alpha value is -2.37. The van der Waals surface area contributed by atoms with Crippen LogP contribution in [-0.4, -0.2) is 16.2 Å². The quantitative estimate of drug-likeness (QED) is 0.357. The van der Waals surface area contributed by atoms with Crippen molar-refractivity contribution in [3.63, 3.8) is 0 Å². The molecule has 6 nitrogen and oxygen atoms in total. The highest BCUT2D eigenvalue weighted by Crippen LogP contribution is 2.18. The molecule has 6 heteroatoms. The molecule has 1 aromatic rings. The summed E-state index contributed by atoms with van der Waals surface area (Å²) in [6, 6.07) is 5.21. The number of rotatable bonds is 3. The fraction of sp³-hybridized carbons (Fsp3) is 0. The summed E-state index contributed by atoms with van der Waals surface area (Å²) in [6.45, 7) is 3.37. The van der Waals surface area contributed by atoms with Gasteiger partial charge in [-0.25, -0.2) is 4.79 Å². The standard InChI is InChI=1S/C9H7NO5/c1-6(15-9(11)12)7-2-4-8(5-3-7)10(13)14/h2-5H,1H2,(H,11,12). The maximum Gasteiger partial charge on any atom is 0.511 e. The van der Waals surface area contributed by atoms with Crippen LogP contribution in [0.2, 0.25) is 0 Å². The van der Waals surface area contributed by atoms with Crippen LogP contribution in [0, 0.1) is 10.1 Å². The molecule has 1 rings (SSSR count). The maximum absolute atomic E-state index is 10.3. The zero-order valence-electron chi connectivity index (χ0n) is 7.54. The van der Waals surface area contributed by atoms with Crippen LogP contribution in [0.3, 0.4) is 0 Å². The van der Waals surface area contributed by atoms with Crippen molar-refractivity contribution in [1.29, 1.82) is 0 Å². The molecule has 0 amide bonds. The molecule has 0 fully saturated rings. The number of ether oxygens (including phenoxy) is 1. The van der Waals surface area contributed by atoms with Gasteiger partial charge >= 0.3 is 6.16 Å². The van der Waals surface area contributed by atoms with E-state index in [1.165, 1.54) is 24.3 Å². The van der Waals surface area contributed by atoms with Gasteiger partial charge in [-0.3, -0.25) is 10.1 Å². The molecule has 1 aromatic carbocycles. The number of hydrogen-bond donors (Lipinski definition) is 1. The van der Waals surface area contributed by atoms with Crippen LogP contribution in [0.4, 0.5) is 10.5 Å². The van der Waals surface area contributed by atoms with Crippen LogP contribution >= 0.6 is 0 Å². The second-order valence-electron chi connectivity index (χ2n) is 2.60. The van der Waals surface area contributed by atoms with E-state index in [-0.39, 0.29) is 11.4 Å². The van der Waals surface area contributed by atoms with Crippen molar-refractivity contribution in [1.82, 2.24) is 0 Å². The normalized spacial score (nSPS) is 9.33. The number of carboxylic acid groups (broad SMARTS) is 1. The molecular formula is C9H7NO5. The Kier molecular flexibility index (Phi) is 3.02. The zero-order chi connectivity index (χ0) is 11.4. The van der Waals surface area contributed by atoms with Crippen molar-refractivity contribution < 1.29 is 19.6 Å². The Morgan fingerprint density at radius 1 is 1.40 bits per heavy atom. The lowest BCUT2D eigenvalue weighted by Crippen LogP contribution is -1.98. The molecule has 78 valence electrons. The third-order valence-electron chi connectivity index (χ3n) is 1.61. The van der Waals surface area contributed by atoms with Gasteiger partial charge in [0.25, 0.3) is 5.69 Å². The number of hydrogen-bond acceptors (Lipinski definition) is 4. The first-order chi connectivity index (χ1) is 7.00. The molecule has 0 bridgehead atoms. The van der Waals surface area contributed by atoms with Gasteiger partial charge in [0.2, 0.25) is 0 Å². The van der Waals surface area contributed by atoms with E-state index >= 15 is 0 Å². The molecule has 0 aliphatic rings. The van der Waals surface area contributed by atoms with Gasteiger partial charge in [0, 0.05) is 17.7 Å². The summed E-state index contributed by atoms with van der Waals surface area (Å²) >= 11 is 0. The molecule has 0 heterocycles. The Morgan fingerprint density at radius 2 is 1.93 bits per heavy atom. The first-order valence-corrected chi connectivity index (χ1v) is 3.85. The predicted molar refractivity (Wildman–Crippen MR) is 51.2 cm³/mol. The van der Waals surface area contributed by atoms with Gasteiger partial charge in [0.05, 0.1) is 4.92 Å². The lowest BCUT2D eigenvalue weighted by atomic mass is 10.2. The van der Waals surface area contributed by atoms with E-state index in [2.05, 4.69) is 11.3 Å². The highest BCUT2D eigenvalue weighted by atomic mass is 16.7. The molecule has 0 radical (unpaired) electrons. The molecule has 0 saturated carbocycles. The van der Waals surface area contributed by atoms with Crippen molar-refractivity contribution in [2.45, 2.75) is 0 Å². The van der Waals surface area contributed by atoms with Crippen LogP contribution < -0.4 is 0 Å². The fourth-order valence-corrected chi connectivity index (χ4v) is 0.933. The molecule has 0 atom stereocenters.